The molecule has 9 heavy (non-hydrogen) atoms. The molecule has 0 unspecified atom stereocenters. The minimum absolute atomic E-state index is 0.714. The van der Waals surface area contributed by atoms with Gasteiger partial charge >= 0.3 is 0 Å². The molecule has 0 bridgehead atoms. The van der Waals surface area contributed by atoms with Crippen LogP contribution in [0.3, 0.4) is 0 Å². The van der Waals surface area contributed by atoms with Gasteiger partial charge in [0, 0.05) is 18.4 Å². The average Bonchev–Trinajstić information content (AvgIpc) is 1.83. The van der Waals surface area contributed by atoms with E-state index in [1.54, 1.807) is 0 Å². The van der Waals surface area contributed by atoms with Gasteiger partial charge in [0.1, 0.15) is 0 Å². The van der Waals surface area contributed by atoms with E-state index in [1.165, 1.54) is 0 Å². The van der Waals surface area contributed by atoms with E-state index in [-0.39, 0.29) is 0 Å². The topological polar surface area (TPSA) is 38.0 Å². The van der Waals surface area contributed by atoms with Crippen molar-refractivity contribution in [3.05, 3.63) is 24.6 Å². The second-order valence-corrected chi connectivity index (χ2v) is 2.01. The van der Waals surface area contributed by atoms with E-state index in [4.69, 9.17) is 5.73 Å². The maximum atomic E-state index is 5.33. The Labute approximate surface area is 56.4 Å². The van der Waals surface area contributed by atoms with Crippen LogP contribution in [0.4, 0.5) is 0 Å². The van der Waals surface area contributed by atoms with Crippen LogP contribution in [0.15, 0.2) is 24.6 Å². The molecule has 0 aromatic carbocycles. The molecule has 0 rings (SSSR count). The largest absolute Gasteiger partial charge is 0.403 e. The lowest BCUT2D eigenvalue weighted by Gasteiger charge is -2.02. The van der Waals surface area contributed by atoms with Crippen LogP contribution in [0, 0.1) is 0 Å². The summed E-state index contributed by atoms with van der Waals surface area (Å²) in [6.45, 7) is 7.31. The highest BCUT2D eigenvalue weighted by molar-refractivity contribution is 4.96. The maximum Gasteiger partial charge on any atom is 0.00349 e. The molecule has 3 N–H and O–H groups in total. The molecule has 0 heterocycles. The summed E-state index contributed by atoms with van der Waals surface area (Å²) in [6, 6.07) is 0. The van der Waals surface area contributed by atoms with Gasteiger partial charge in [0.2, 0.25) is 0 Å². The van der Waals surface area contributed by atoms with Crippen LogP contribution in [0.2, 0.25) is 0 Å². The summed E-state index contributed by atoms with van der Waals surface area (Å²) in [6.07, 6.45) is 1.70. The number of nitrogens with one attached hydrogen (secondary N) is 1. The molecule has 0 aliphatic rings. The quantitative estimate of drug-likeness (QED) is 0.589. The zero-order valence-electron chi connectivity index (χ0n) is 5.91. The molecule has 0 aliphatic heterocycles. The van der Waals surface area contributed by atoms with Gasteiger partial charge < -0.3 is 11.1 Å². The average molecular weight is 126 g/mol. The molecule has 0 atom stereocenters. The molecule has 0 spiro atoms. The molecule has 0 aromatic heterocycles. The molecular formula is C7H14N2. The lowest BCUT2D eigenvalue weighted by molar-refractivity contribution is 0.830. The Balaban J connectivity index is 3.28. The molecule has 0 aromatic rings. The van der Waals surface area contributed by atoms with Crippen molar-refractivity contribution in [3.63, 3.8) is 0 Å². The van der Waals surface area contributed by atoms with Crippen LogP contribution in [-0.2, 0) is 0 Å². The fourth-order valence-corrected chi connectivity index (χ4v) is 0.436. The molecule has 0 radical (unpaired) electrons. The van der Waals surface area contributed by atoms with Crippen molar-refractivity contribution in [1.29, 1.82) is 0 Å². The van der Waals surface area contributed by atoms with Gasteiger partial charge in [-0.05, 0) is 12.8 Å². The standard InChI is InChI=1S/C7H14N2/c1-6(8)4-5-7(2)9-3/h9H,1-2,4-5,8H2,3H3. The lowest BCUT2D eigenvalue weighted by Crippen LogP contribution is -2.05. The van der Waals surface area contributed by atoms with Crippen molar-refractivity contribution in [2.45, 2.75) is 12.8 Å². The fourth-order valence-electron chi connectivity index (χ4n) is 0.436. The number of hydrogen-bond donors (Lipinski definition) is 2. The van der Waals surface area contributed by atoms with Crippen molar-refractivity contribution in [1.82, 2.24) is 5.32 Å². The highest BCUT2D eigenvalue weighted by Crippen LogP contribution is 2.00. The summed E-state index contributed by atoms with van der Waals surface area (Å²) < 4.78 is 0. The van der Waals surface area contributed by atoms with Crippen molar-refractivity contribution < 1.29 is 0 Å². The SMILES string of the molecule is C=C(N)CCC(=C)NC. The van der Waals surface area contributed by atoms with Crippen molar-refractivity contribution in [3.8, 4) is 0 Å². The van der Waals surface area contributed by atoms with E-state index in [0.717, 1.165) is 18.5 Å². The molecule has 2 heteroatoms. The summed E-state index contributed by atoms with van der Waals surface area (Å²) in [5.41, 5.74) is 7.05. The molecular weight excluding hydrogens is 112 g/mol. The van der Waals surface area contributed by atoms with Crippen molar-refractivity contribution in [2.75, 3.05) is 7.05 Å². The van der Waals surface area contributed by atoms with Crippen molar-refractivity contribution in [2.24, 2.45) is 5.73 Å². The minimum Gasteiger partial charge on any atom is -0.403 e. The summed E-state index contributed by atoms with van der Waals surface area (Å²) in [4.78, 5) is 0. The van der Waals surface area contributed by atoms with E-state index >= 15 is 0 Å². The lowest BCUT2D eigenvalue weighted by atomic mass is 10.2. The molecule has 0 amide bonds. The monoisotopic (exact) mass is 126 g/mol. The summed E-state index contributed by atoms with van der Waals surface area (Å²) >= 11 is 0. The third kappa shape index (κ3) is 4.94. The first kappa shape index (κ1) is 8.08. The van der Waals surface area contributed by atoms with Crippen LogP contribution >= 0.6 is 0 Å². The number of nitrogens with two attached hydrogens (primary N) is 1. The molecule has 52 valence electrons. The normalized spacial score (nSPS) is 8.56. The van der Waals surface area contributed by atoms with Gasteiger partial charge in [-0.3, -0.25) is 0 Å². The van der Waals surface area contributed by atoms with E-state index < -0.39 is 0 Å². The van der Waals surface area contributed by atoms with Crippen LogP contribution in [0.1, 0.15) is 12.8 Å². The number of hydrogen-bond acceptors (Lipinski definition) is 2. The van der Waals surface area contributed by atoms with Gasteiger partial charge in [0.05, 0.1) is 0 Å². The minimum atomic E-state index is 0.714. The molecule has 0 saturated carbocycles. The highest BCUT2D eigenvalue weighted by atomic mass is 14.8. The smallest absolute Gasteiger partial charge is 0.00349 e. The second-order valence-electron chi connectivity index (χ2n) is 2.01. The predicted molar refractivity (Wildman–Crippen MR) is 40.8 cm³/mol. The Morgan fingerprint density at radius 1 is 1.44 bits per heavy atom. The van der Waals surface area contributed by atoms with Gasteiger partial charge in [-0.15, -0.1) is 0 Å². The predicted octanol–water partition coefficient (Wildman–Crippen LogP) is 0.972. The number of allylic oxidation sites excluding steroid dienone is 2. The van der Waals surface area contributed by atoms with Gasteiger partial charge in [-0.25, -0.2) is 0 Å². The molecule has 0 fully saturated rings. The number of rotatable bonds is 4. The van der Waals surface area contributed by atoms with Gasteiger partial charge in [-0.2, -0.15) is 0 Å². The molecule has 0 saturated heterocycles. The van der Waals surface area contributed by atoms with E-state index in [1.807, 2.05) is 7.05 Å². The fraction of sp³-hybridized carbons (Fsp3) is 0.429. The third-order valence-corrected chi connectivity index (χ3v) is 1.10. The summed E-state index contributed by atoms with van der Waals surface area (Å²) in [5, 5.41) is 2.93. The van der Waals surface area contributed by atoms with Gasteiger partial charge in [-0.1, -0.05) is 13.2 Å². The van der Waals surface area contributed by atoms with Gasteiger partial charge in [0.25, 0.3) is 0 Å². The van der Waals surface area contributed by atoms with E-state index in [0.29, 0.717) is 5.70 Å². The Morgan fingerprint density at radius 2 is 2.00 bits per heavy atom. The van der Waals surface area contributed by atoms with Crippen LogP contribution in [0.25, 0.3) is 0 Å². The summed E-state index contributed by atoms with van der Waals surface area (Å²) in [7, 11) is 1.85. The highest BCUT2D eigenvalue weighted by Gasteiger charge is 1.89. The Bertz CT molecular complexity index is 116. The van der Waals surface area contributed by atoms with Crippen molar-refractivity contribution >= 4 is 0 Å². The Morgan fingerprint density at radius 3 is 2.33 bits per heavy atom. The van der Waals surface area contributed by atoms with E-state index in [2.05, 4.69) is 18.5 Å². The second kappa shape index (κ2) is 4.01. The van der Waals surface area contributed by atoms with Gasteiger partial charge in [0.15, 0.2) is 0 Å². The first-order valence-electron chi connectivity index (χ1n) is 2.95. The maximum absolute atomic E-state index is 5.33. The van der Waals surface area contributed by atoms with E-state index in [9.17, 15) is 0 Å². The molecule has 2 nitrogen and oxygen atoms in total. The Hall–Kier alpha value is -0.920. The summed E-state index contributed by atoms with van der Waals surface area (Å²) in [5.74, 6) is 0. The van der Waals surface area contributed by atoms with Crippen LogP contribution in [0.5, 0.6) is 0 Å². The zero-order valence-corrected chi connectivity index (χ0v) is 5.91. The van der Waals surface area contributed by atoms with Crippen LogP contribution in [-0.4, -0.2) is 7.05 Å². The zero-order chi connectivity index (χ0) is 7.28. The third-order valence-electron chi connectivity index (χ3n) is 1.10. The first-order chi connectivity index (χ1) is 4.16. The van der Waals surface area contributed by atoms with Crippen LogP contribution < -0.4 is 11.1 Å². The molecule has 0 aliphatic carbocycles. The first-order valence-corrected chi connectivity index (χ1v) is 2.95. The Kier molecular flexibility index (Phi) is 3.60.